The summed E-state index contributed by atoms with van der Waals surface area (Å²) in [5.74, 6) is 1.10. The molecule has 0 saturated heterocycles. The van der Waals surface area contributed by atoms with Crippen molar-refractivity contribution in [2.45, 2.75) is 31.2 Å². The van der Waals surface area contributed by atoms with E-state index in [1.54, 1.807) is 0 Å². The van der Waals surface area contributed by atoms with Gasteiger partial charge in [0.25, 0.3) is 0 Å². The molecular formula is C18H22ClNS. The molecule has 112 valence electrons. The molecule has 0 aliphatic rings. The minimum atomic E-state index is 0.198. The first-order valence-corrected chi connectivity index (χ1v) is 8.82. The van der Waals surface area contributed by atoms with Gasteiger partial charge in [0.2, 0.25) is 0 Å². The minimum Gasteiger partial charge on any atom is -0.306 e. The molecule has 2 aromatic carbocycles. The third-order valence-corrected chi connectivity index (χ3v) is 4.43. The van der Waals surface area contributed by atoms with Crippen LogP contribution in [0.3, 0.4) is 0 Å². The maximum absolute atomic E-state index is 6.15. The van der Waals surface area contributed by atoms with Crippen molar-refractivity contribution in [1.82, 2.24) is 5.32 Å². The van der Waals surface area contributed by atoms with Gasteiger partial charge in [0.1, 0.15) is 0 Å². The van der Waals surface area contributed by atoms with Crippen LogP contribution in [0.25, 0.3) is 0 Å². The van der Waals surface area contributed by atoms with E-state index in [-0.39, 0.29) is 6.04 Å². The first-order chi connectivity index (χ1) is 10.2. The van der Waals surface area contributed by atoms with Crippen LogP contribution in [0.5, 0.6) is 0 Å². The van der Waals surface area contributed by atoms with Gasteiger partial charge in [-0.05, 0) is 54.1 Å². The molecule has 0 amide bonds. The van der Waals surface area contributed by atoms with Crippen molar-refractivity contribution >= 4 is 23.4 Å². The highest BCUT2D eigenvalue weighted by Gasteiger charge is 2.13. The normalized spacial score (nSPS) is 12.3. The average molecular weight is 320 g/mol. The lowest BCUT2D eigenvalue weighted by Gasteiger charge is -2.20. The molecule has 1 atom stereocenters. The molecule has 0 aliphatic carbocycles. The summed E-state index contributed by atoms with van der Waals surface area (Å²) >= 11 is 8.02. The first kappa shape index (κ1) is 16.4. The second kappa shape index (κ2) is 8.47. The van der Waals surface area contributed by atoms with Crippen molar-refractivity contribution in [1.29, 1.82) is 0 Å². The monoisotopic (exact) mass is 319 g/mol. The number of halogens is 1. The average Bonchev–Trinajstić information content (AvgIpc) is 2.50. The highest BCUT2D eigenvalue weighted by Crippen LogP contribution is 2.26. The Balaban J connectivity index is 2.26. The molecule has 0 heterocycles. The summed E-state index contributed by atoms with van der Waals surface area (Å²) in [7, 11) is 0. The summed E-state index contributed by atoms with van der Waals surface area (Å²) in [6.45, 7) is 5.35. The minimum absolute atomic E-state index is 0.198. The lowest BCUT2D eigenvalue weighted by molar-refractivity contribution is 0.598. The van der Waals surface area contributed by atoms with Crippen LogP contribution < -0.4 is 5.32 Å². The summed E-state index contributed by atoms with van der Waals surface area (Å²) < 4.78 is 0. The smallest absolute Gasteiger partial charge is 0.0577 e. The van der Waals surface area contributed by atoms with Crippen LogP contribution >= 0.6 is 23.4 Å². The van der Waals surface area contributed by atoms with Crippen molar-refractivity contribution in [3.05, 3.63) is 64.7 Å². The van der Waals surface area contributed by atoms with Crippen LogP contribution in [0.4, 0.5) is 0 Å². The third kappa shape index (κ3) is 4.77. The molecule has 0 fully saturated rings. The number of benzene rings is 2. The van der Waals surface area contributed by atoms with Crippen molar-refractivity contribution < 1.29 is 0 Å². The zero-order valence-electron chi connectivity index (χ0n) is 12.6. The lowest BCUT2D eigenvalue weighted by atomic mass is 9.98. The van der Waals surface area contributed by atoms with Crippen molar-refractivity contribution in [3.8, 4) is 0 Å². The van der Waals surface area contributed by atoms with Crippen LogP contribution in [0.2, 0.25) is 5.02 Å². The van der Waals surface area contributed by atoms with Gasteiger partial charge in [-0.15, -0.1) is 11.8 Å². The number of rotatable bonds is 7. The predicted octanol–water partition coefficient (Wildman–Crippen LogP) is 5.54. The molecule has 0 saturated carbocycles. The fourth-order valence-electron chi connectivity index (χ4n) is 2.33. The van der Waals surface area contributed by atoms with Gasteiger partial charge in [-0.2, -0.15) is 0 Å². The molecule has 3 heteroatoms. The molecule has 0 spiro atoms. The summed E-state index contributed by atoms with van der Waals surface area (Å²) in [6.07, 6.45) is 1.11. The van der Waals surface area contributed by atoms with E-state index in [2.05, 4.69) is 49.5 Å². The Morgan fingerprint density at radius 1 is 1.05 bits per heavy atom. The van der Waals surface area contributed by atoms with Gasteiger partial charge in [-0.1, -0.05) is 49.7 Å². The molecule has 0 aliphatic heterocycles. The number of hydrogen-bond acceptors (Lipinski definition) is 2. The van der Waals surface area contributed by atoms with Gasteiger partial charge >= 0.3 is 0 Å². The molecule has 0 bridgehead atoms. The molecular weight excluding hydrogens is 298 g/mol. The van der Waals surface area contributed by atoms with Crippen LogP contribution in [0.15, 0.2) is 53.4 Å². The van der Waals surface area contributed by atoms with Crippen molar-refractivity contribution in [2.75, 3.05) is 12.3 Å². The van der Waals surface area contributed by atoms with Crippen molar-refractivity contribution in [2.24, 2.45) is 0 Å². The van der Waals surface area contributed by atoms with Crippen molar-refractivity contribution in [3.63, 3.8) is 0 Å². The lowest BCUT2D eigenvalue weighted by Crippen LogP contribution is -2.23. The molecule has 1 unspecified atom stereocenters. The zero-order valence-corrected chi connectivity index (χ0v) is 14.2. The van der Waals surface area contributed by atoms with E-state index in [0.29, 0.717) is 0 Å². The Morgan fingerprint density at radius 3 is 2.43 bits per heavy atom. The van der Waals surface area contributed by atoms with Crippen LogP contribution in [-0.4, -0.2) is 12.3 Å². The van der Waals surface area contributed by atoms with E-state index in [9.17, 15) is 0 Å². The van der Waals surface area contributed by atoms with Gasteiger partial charge in [0.05, 0.1) is 6.04 Å². The van der Waals surface area contributed by atoms with Gasteiger partial charge in [-0.3, -0.25) is 0 Å². The van der Waals surface area contributed by atoms with E-state index < -0.39 is 0 Å². The van der Waals surface area contributed by atoms with E-state index >= 15 is 0 Å². The van der Waals surface area contributed by atoms with Gasteiger partial charge < -0.3 is 5.32 Å². The first-order valence-electron chi connectivity index (χ1n) is 7.46. The van der Waals surface area contributed by atoms with Gasteiger partial charge in [0.15, 0.2) is 0 Å². The van der Waals surface area contributed by atoms with Gasteiger partial charge in [0, 0.05) is 9.92 Å². The zero-order chi connectivity index (χ0) is 15.1. The van der Waals surface area contributed by atoms with E-state index in [1.807, 2.05) is 30.0 Å². The number of hydrogen-bond donors (Lipinski definition) is 1. The van der Waals surface area contributed by atoms with E-state index in [4.69, 9.17) is 11.6 Å². The molecule has 2 rings (SSSR count). The SMILES string of the molecule is CCCNC(c1ccc(SCC)cc1)c1cccc(Cl)c1. The number of thioether (sulfide) groups is 1. The summed E-state index contributed by atoms with van der Waals surface area (Å²) in [4.78, 5) is 1.32. The Labute approximate surface area is 137 Å². The molecule has 1 N–H and O–H groups in total. The second-order valence-electron chi connectivity index (χ2n) is 4.94. The Kier molecular flexibility index (Phi) is 6.62. The number of nitrogens with one attached hydrogen (secondary N) is 1. The third-order valence-electron chi connectivity index (χ3n) is 3.30. The topological polar surface area (TPSA) is 12.0 Å². The Hall–Kier alpha value is -0.960. The predicted molar refractivity (Wildman–Crippen MR) is 94.4 cm³/mol. The van der Waals surface area contributed by atoms with Crippen LogP contribution in [0.1, 0.15) is 37.4 Å². The Bertz CT molecular complexity index is 553. The highest BCUT2D eigenvalue weighted by atomic mass is 35.5. The maximum atomic E-state index is 6.15. The molecule has 0 aromatic heterocycles. The largest absolute Gasteiger partial charge is 0.306 e. The fraction of sp³-hybridized carbons (Fsp3) is 0.333. The van der Waals surface area contributed by atoms with Crippen LogP contribution in [0, 0.1) is 0 Å². The molecule has 2 aromatic rings. The molecule has 21 heavy (non-hydrogen) atoms. The summed E-state index contributed by atoms with van der Waals surface area (Å²) in [5, 5.41) is 4.40. The summed E-state index contributed by atoms with van der Waals surface area (Å²) in [6, 6.07) is 17.1. The second-order valence-corrected chi connectivity index (χ2v) is 6.72. The summed E-state index contributed by atoms with van der Waals surface area (Å²) in [5.41, 5.74) is 2.50. The van der Waals surface area contributed by atoms with E-state index in [0.717, 1.165) is 23.7 Å². The molecule has 1 nitrogen and oxygen atoms in total. The highest BCUT2D eigenvalue weighted by molar-refractivity contribution is 7.99. The fourth-order valence-corrected chi connectivity index (χ4v) is 3.19. The van der Waals surface area contributed by atoms with Gasteiger partial charge in [-0.25, -0.2) is 0 Å². The van der Waals surface area contributed by atoms with Crippen LogP contribution in [-0.2, 0) is 0 Å². The Morgan fingerprint density at radius 2 is 1.81 bits per heavy atom. The standard InChI is InChI=1S/C18H22ClNS/c1-3-12-20-18(15-6-5-7-16(19)13-15)14-8-10-17(11-9-14)21-4-2/h5-11,13,18,20H,3-4,12H2,1-2H3. The quantitative estimate of drug-likeness (QED) is 0.672. The molecule has 0 radical (unpaired) electrons. The maximum Gasteiger partial charge on any atom is 0.0577 e. The van der Waals surface area contributed by atoms with E-state index in [1.165, 1.54) is 16.0 Å².